The maximum Gasteiger partial charge on any atom is 0.159 e. The van der Waals surface area contributed by atoms with Crippen LogP contribution < -0.4 is 5.32 Å². The third-order valence-corrected chi connectivity index (χ3v) is 2.74. The summed E-state index contributed by atoms with van der Waals surface area (Å²) in [5.41, 5.74) is 1.04. The van der Waals surface area contributed by atoms with Gasteiger partial charge < -0.3 is 14.8 Å². The topological polar surface area (TPSA) is 30.5 Å². The van der Waals surface area contributed by atoms with Gasteiger partial charge in [-0.25, -0.2) is 4.39 Å². The first-order valence-corrected chi connectivity index (χ1v) is 5.45. The maximum atomic E-state index is 12.8. The van der Waals surface area contributed by atoms with Gasteiger partial charge in [0.15, 0.2) is 6.29 Å². The molecule has 1 unspecified atom stereocenters. The Hall–Kier alpha value is -0.970. The first kappa shape index (κ1) is 11.5. The Morgan fingerprint density at radius 1 is 1.31 bits per heavy atom. The molecule has 1 aromatic rings. The van der Waals surface area contributed by atoms with Gasteiger partial charge in [-0.2, -0.15) is 0 Å². The van der Waals surface area contributed by atoms with E-state index in [4.69, 9.17) is 9.47 Å². The summed E-state index contributed by atoms with van der Waals surface area (Å²) in [4.78, 5) is 0. The predicted octanol–water partition coefficient (Wildman–Crippen LogP) is 1.85. The van der Waals surface area contributed by atoms with E-state index in [-0.39, 0.29) is 18.1 Å². The van der Waals surface area contributed by atoms with Crippen LogP contribution >= 0.6 is 0 Å². The first-order valence-electron chi connectivity index (χ1n) is 5.45. The lowest BCUT2D eigenvalue weighted by Gasteiger charge is -2.19. The number of ether oxygens (including phenoxy) is 2. The van der Waals surface area contributed by atoms with Gasteiger partial charge in [0.1, 0.15) is 5.82 Å². The zero-order chi connectivity index (χ0) is 11.4. The van der Waals surface area contributed by atoms with Crippen LogP contribution in [0.5, 0.6) is 0 Å². The maximum absolute atomic E-state index is 12.8. The minimum atomic E-state index is -0.216. The summed E-state index contributed by atoms with van der Waals surface area (Å²) in [5.74, 6) is -0.216. The Kier molecular flexibility index (Phi) is 3.88. The van der Waals surface area contributed by atoms with Crippen LogP contribution in [-0.4, -0.2) is 26.6 Å². The van der Waals surface area contributed by atoms with Crippen LogP contribution in [0.4, 0.5) is 4.39 Å². The molecule has 1 fully saturated rings. The molecule has 0 bridgehead atoms. The molecule has 1 N–H and O–H groups in total. The van der Waals surface area contributed by atoms with Crippen LogP contribution in [0.3, 0.4) is 0 Å². The molecule has 2 rings (SSSR count). The molecule has 0 aromatic heterocycles. The second-order valence-electron chi connectivity index (χ2n) is 3.80. The molecule has 0 saturated carbocycles. The number of hydrogen-bond acceptors (Lipinski definition) is 3. The van der Waals surface area contributed by atoms with E-state index < -0.39 is 0 Å². The zero-order valence-electron chi connectivity index (χ0n) is 9.28. The normalized spacial score (nSPS) is 18.9. The number of halogens is 1. The molecule has 4 heteroatoms. The van der Waals surface area contributed by atoms with Crippen LogP contribution in [0.25, 0.3) is 0 Å². The van der Waals surface area contributed by atoms with Crippen molar-refractivity contribution in [2.24, 2.45) is 0 Å². The largest absolute Gasteiger partial charge is 0.350 e. The molecule has 1 aliphatic rings. The van der Waals surface area contributed by atoms with E-state index in [1.54, 1.807) is 12.1 Å². The molecule has 0 spiro atoms. The van der Waals surface area contributed by atoms with Crippen molar-refractivity contribution in [3.05, 3.63) is 35.6 Å². The van der Waals surface area contributed by atoms with Gasteiger partial charge in [0.05, 0.1) is 13.2 Å². The smallest absolute Gasteiger partial charge is 0.159 e. The summed E-state index contributed by atoms with van der Waals surface area (Å²) in [5, 5.41) is 3.18. The van der Waals surface area contributed by atoms with Gasteiger partial charge in [0.25, 0.3) is 0 Å². The SMILES string of the molecule is CNC(CC1OCCO1)c1ccc(F)cc1. The van der Waals surface area contributed by atoms with Gasteiger partial charge in [-0.3, -0.25) is 0 Å². The second kappa shape index (κ2) is 5.39. The minimum Gasteiger partial charge on any atom is -0.350 e. The van der Waals surface area contributed by atoms with Crippen molar-refractivity contribution in [3.63, 3.8) is 0 Å². The second-order valence-corrected chi connectivity index (χ2v) is 3.80. The van der Waals surface area contributed by atoms with Crippen molar-refractivity contribution < 1.29 is 13.9 Å². The predicted molar refractivity (Wildman–Crippen MR) is 58.5 cm³/mol. The molecule has 1 aromatic carbocycles. The average molecular weight is 225 g/mol. The van der Waals surface area contributed by atoms with Gasteiger partial charge in [-0.05, 0) is 24.7 Å². The molecule has 1 aliphatic heterocycles. The van der Waals surface area contributed by atoms with Crippen LogP contribution in [0.1, 0.15) is 18.0 Å². The Morgan fingerprint density at radius 3 is 2.50 bits per heavy atom. The average Bonchev–Trinajstić information content (AvgIpc) is 2.80. The fourth-order valence-corrected chi connectivity index (χ4v) is 1.85. The summed E-state index contributed by atoms with van der Waals surface area (Å²) in [6.07, 6.45) is 0.588. The van der Waals surface area contributed by atoms with Gasteiger partial charge in [-0.15, -0.1) is 0 Å². The molecular formula is C12H16FNO2. The van der Waals surface area contributed by atoms with Gasteiger partial charge in [-0.1, -0.05) is 12.1 Å². The number of rotatable bonds is 4. The van der Waals surface area contributed by atoms with E-state index in [0.29, 0.717) is 13.2 Å². The van der Waals surface area contributed by atoms with Gasteiger partial charge in [0, 0.05) is 12.5 Å². The molecule has 1 saturated heterocycles. The van der Waals surface area contributed by atoms with Crippen molar-refractivity contribution in [2.45, 2.75) is 18.8 Å². The highest BCUT2D eigenvalue weighted by atomic mass is 19.1. The van der Waals surface area contributed by atoms with E-state index in [2.05, 4.69) is 5.32 Å². The molecule has 16 heavy (non-hydrogen) atoms. The van der Waals surface area contributed by atoms with E-state index in [1.165, 1.54) is 12.1 Å². The molecule has 3 nitrogen and oxygen atoms in total. The number of hydrogen-bond donors (Lipinski definition) is 1. The highest BCUT2D eigenvalue weighted by Gasteiger charge is 2.21. The molecular weight excluding hydrogens is 209 g/mol. The third kappa shape index (κ3) is 2.78. The fraction of sp³-hybridized carbons (Fsp3) is 0.500. The fourth-order valence-electron chi connectivity index (χ4n) is 1.85. The summed E-state index contributed by atoms with van der Waals surface area (Å²) >= 11 is 0. The Morgan fingerprint density at radius 2 is 1.94 bits per heavy atom. The van der Waals surface area contributed by atoms with Crippen molar-refractivity contribution in [2.75, 3.05) is 20.3 Å². The van der Waals surface area contributed by atoms with Crippen LogP contribution in [-0.2, 0) is 9.47 Å². The number of nitrogens with one attached hydrogen (secondary N) is 1. The monoisotopic (exact) mass is 225 g/mol. The molecule has 0 amide bonds. The lowest BCUT2D eigenvalue weighted by molar-refractivity contribution is -0.0526. The van der Waals surface area contributed by atoms with Crippen molar-refractivity contribution >= 4 is 0 Å². The molecule has 0 aliphatic carbocycles. The molecule has 1 atom stereocenters. The van der Waals surface area contributed by atoms with Gasteiger partial charge >= 0.3 is 0 Å². The molecule has 0 radical (unpaired) electrons. The zero-order valence-corrected chi connectivity index (χ0v) is 9.28. The van der Waals surface area contributed by atoms with E-state index >= 15 is 0 Å². The van der Waals surface area contributed by atoms with Crippen LogP contribution in [0.2, 0.25) is 0 Å². The summed E-state index contributed by atoms with van der Waals surface area (Å²) in [7, 11) is 1.88. The van der Waals surface area contributed by atoms with Crippen LogP contribution in [0, 0.1) is 5.82 Å². The Balaban J connectivity index is 2.00. The van der Waals surface area contributed by atoms with Crippen molar-refractivity contribution in [1.29, 1.82) is 0 Å². The van der Waals surface area contributed by atoms with Crippen LogP contribution in [0.15, 0.2) is 24.3 Å². The number of benzene rings is 1. The molecule has 88 valence electrons. The Labute approximate surface area is 94.6 Å². The highest BCUT2D eigenvalue weighted by molar-refractivity contribution is 5.19. The lowest BCUT2D eigenvalue weighted by atomic mass is 10.0. The minimum absolute atomic E-state index is 0.128. The summed E-state index contributed by atoms with van der Waals surface area (Å²) in [6.45, 7) is 1.31. The third-order valence-electron chi connectivity index (χ3n) is 2.74. The summed E-state index contributed by atoms with van der Waals surface area (Å²) in [6, 6.07) is 6.63. The molecule has 1 heterocycles. The highest BCUT2D eigenvalue weighted by Crippen LogP contribution is 2.22. The summed E-state index contributed by atoms with van der Waals surface area (Å²) < 4.78 is 23.6. The van der Waals surface area contributed by atoms with E-state index in [9.17, 15) is 4.39 Å². The Bertz CT molecular complexity index is 322. The lowest BCUT2D eigenvalue weighted by Crippen LogP contribution is -2.22. The van der Waals surface area contributed by atoms with Crippen molar-refractivity contribution in [3.8, 4) is 0 Å². The van der Waals surface area contributed by atoms with E-state index in [1.807, 2.05) is 7.05 Å². The first-order chi connectivity index (χ1) is 7.79. The van der Waals surface area contributed by atoms with E-state index in [0.717, 1.165) is 12.0 Å². The van der Waals surface area contributed by atoms with Crippen molar-refractivity contribution in [1.82, 2.24) is 5.32 Å². The van der Waals surface area contributed by atoms with Gasteiger partial charge in [0.2, 0.25) is 0 Å². The standard InChI is InChI=1S/C12H16FNO2/c1-14-11(8-12-15-6-7-16-12)9-2-4-10(13)5-3-9/h2-5,11-12,14H,6-8H2,1H3. The quantitative estimate of drug-likeness (QED) is 0.848.